The SMILES string of the molecule is CCOC(=O)c1c(NC(=O)CN2CCN(S(C)(=O)=O)CC2)sc2c1CCC2. The fourth-order valence-electron chi connectivity index (χ4n) is 3.50. The number of thiophene rings is 1. The molecule has 1 aromatic rings. The van der Waals surface area contributed by atoms with Crippen LogP contribution >= 0.6 is 11.3 Å². The van der Waals surface area contributed by atoms with Crippen molar-refractivity contribution in [3.8, 4) is 0 Å². The quantitative estimate of drug-likeness (QED) is 0.695. The number of sulfonamides is 1. The van der Waals surface area contributed by atoms with Crippen molar-refractivity contribution in [2.24, 2.45) is 0 Å². The molecule has 1 aliphatic carbocycles. The van der Waals surface area contributed by atoms with Crippen LogP contribution < -0.4 is 5.32 Å². The molecule has 0 bridgehead atoms. The Hall–Kier alpha value is -1.49. The Morgan fingerprint density at radius 3 is 2.52 bits per heavy atom. The second-order valence-electron chi connectivity index (χ2n) is 6.77. The number of fused-ring (bicyclic) bond motifs is 1. The van der Waals surface area contributed by atoms with Crippen molar-refractivity contribution in [1.29, 1.82) is 0 Å². The molecule has 1 fully saturated rings. The first-order chi connectivity index (χ1) is 12.8. The molecule has 3 rings (SSSR count). The third kappa shape index (κ3) is 4.68. The normalized spacial score (nSPS) is 18.3. The van der Waals surface area contributed by atoms with E-state index in [2.05, 4.69) is 5.32 Å². The highest BCUT2D eigenvalue weighted by Gasteiger charge is 2.29. The van der Waals surface area contributed by atoms with Crippen LogP contribution in [-0.2, 0) is 32.4 Å². The van der Waals surface area contributed by atoms with Crippen molar-refractivity contribution >= 4 is 38.2 Å². The maximum absolute atomic E-state index is 12.5. The predicted molar refractivity (Wildman–Crippen MR) is 104 cm³/mol. The lowest BCUT2D eigenvalue weighted by Crippen LogP contribution is -2.50. The number of rotatable bonds is 6. The summed E-state index contributed by atoms with van der Waals surface area (Å²) < 4.78 is 29.7. The molecule has 150 valence electrons. The molecule has 8 nitrogen and oxygen atoms in total. The van der Waals surface area contributed by atoms with Gasteiger partial charge in [0.2, 0.25) is 15.9 Å². The van der Waals surface area contributed by atoms with Crippen LogP contribution in [0.25, 0.3) is 0 Å². The van der Waals surface area contributed by atoms with Crippen LogP contribution in [0.3, 0.4) is 0 Å². The molecule has 1 saturated heterocycles. The summed E-state index contributed by atoms with van der Waals surface area (Å²) in [6.07, 6.45) is 3.98. The first-order valence-electron chi connectivity index (χ1n) is 9.08. The zero-order valence-electron chi connectivity index (χ0n) is 15.6. The Morgan fingerprint density at radius 2 is 1.89 bits per heavy atom. The van der Waals surface area contributed by atoms with E-state index < -0.39 is 10.0 Å². The number of hydrogen-bond donors (Lipinski definition) is 1. The fourth-order valence-corrected chi connectivity index (χ4v) is 5.62. The van der Waals surface area contributed by atoms with Crippen molar-refractivity contribution < 1.29 is 22.7 Å². The van der Waals surface area contributed by atoms with E-state index in [0.717, 1.165) is 29.7 Å². The Bertz CT molecular complexity index is 826. The van der Waals surface area contributed by atoms with E-state index in [9.17, 15) is 18.0 Å². The van der Waals surface area contributed by atoms with Crippen molar-refractivity contribution in [1.82, 2.24) is 9.21 Å². The van der Waals surface area contributed by atoms with Gasteiger partial charge in [0.25, 0.3) is 0 Å². The zero-order valence-corrected chi connectivity index (χ0v) is 17.2. The van der Waals surface area contributed by atoms with Crippen molar-refractivity contribution in [3.63, 3.8) is 0 Å². The molecule has 1 N–H and O–H groups in total. The van der Waals surface area contributed by atoms with Crippen LogP contribution in [0.4, 0.5) is 5.00 Å². The Morgan fingerprint density at radius 1 is 1.19 bits per heavy atom. The number of ether oxygens (including phenoxy) is 1. The summed E-state index contributed by atoms with van der Waals surface area (Å²) >= 11 is 1.46. The molecule has 2 heterocycles. The summed E-state index contributed by atoms with van der Waals surface area (Å²) in [5, 5.41) is 3.44. The van der Waals surface area contributed by atoms with Crippen molar-refractivity contribution in [3.05, 3.63) is 16.0 Å². The van der Waals surface area contributed by atoms with Gasteiger partial charge in [-0.05, 0) is 31.7 Å². The maximum Gasteiger partial charge on any atom is 0.341 e. The molecule has 10 heteroatoms. The summed E-state index contributed by atoms with van der Waals surface area (Å²) in [6.45, 7) is 4.00. The highest BCUT2D eigenvalue weighted by Crippen LogP contribution is 2.39. The molecule has 0 unspecified atom stereocenters. The molecule has 0 spiro atoms. The number of aryl methyl sites for hydroxylation is 1. The minimum Gasteiger partial charge on any atom is -0.462 e. The van der Waals surface area contributed by atoms with Crippen LogP contribution in [0.15, 0.2) is 0 Å². The number of piperazine rings is 1. The number of nitrogens with one attached hydrogen (secondary N) is 1. The molecule has 0 radical (unpaired) electrons. The minimum atomic E-state index is -3.19. The second-order valence-corrected chi connectivity index (χ2v) is 9.86. The van der Waals surface area contributed by atoms with Crippen LogP contribution in [-0.4, -0.2) is 75.1 Å². The smallest absolute Gasteiger partial charge is 0.341 e. The highest BCUT2D eigenvalue weighted by atomic mass is 32.2. The second kappa shape index (κ2) is 8.26. The highest BCUT2D eigenvalue weighted by molar-refractivity contribution is 7.88. The Labute approximate surface area is 163 Å². The van der Waals surface area contributed by atoms with Crippen LogP contribution in [0.5, 0.6) is 0 Å². The van der Waals surface area contributed by atoms with Gasteiger partial charge in [-0.25, -0.2) is 13.2 Å². The summed E-state index contributed by atoms with van der Waals surface area (Å²) in [4.78, 5) is 27.9. The molecule has 1 amide bonds. The maximum atomic E-state index is 12.5. The summed E-state index contributed by atoms with van der Waals surface area (Å²) in [6, 6.07) is 0. The Kier molecular flexibility index (Phi) is 6.19. The van der Waals surface area contributed by atoms with Gasteiger partial charge in [-0.3, -0.25) is 9.69 Å². The lowest BCUT2D eigenvalue weighted by molar-refractivity contribution is -0.117. The Balaban J connectivity index is 1.63. The predicted octanol–water partition coefficient (Wildman–Crippen LogP) is 0.929. The summed E-state index contributed by atoms with van der Waals surface area (Å²) in [5.41, 5.74) is 1.51. The van der Waals surface area contributed by atoms with Gasteiger partial charge in [-0.1, -0.05) is 0 Å². The molecule has 1 aliphatic heterocycles. The van der Waals surface area contributed by atoms with Gasteiger partial charge < -0.3 is 10.1 Å². The molecule has 0 atom stereocenters. The van der Waals surface area contributed by atoms with Crippen LogP contribution in [0, 0.1) is 0 Å². The largest absolute Gasteiger partial charge is 0.462 e. The first kappa shape index (κ1) is 20.2. The van der Waals surface area contributed by atoms with E-state index in [1.54, 1.807) is 6.92 Å². The van der Waals surface area contributed by atoms with E-state index in [1.807, 2.05) is 4.90 Å². The molecule has 1 aromatic heterocycles. The number of carbonyl (C=O) groups excluding carboxylic acids is 2. The van der Waals surface area contributed by atoms with E-state index in [-0.39, 0.29) is 18.4 Å². The van der Waals surface area contributed by atoms with Crippen molar-refractivity contribution in [2.45, 2.75) is 26.2 Å². The third-order valence-electron chi connectivity index (χ3n) is 4.82. The van der Waals surface area contributed by atoms with Gasteiger partial charge in [0.1, 0.15) is 5.00 Å². The van der Waals surface area contributed by atoms with Crippen molar-refractivity contribution in [2.75, 3.05) is 50.9 Å². The molecular formula is C17H25N3O5S2. The van der Waals surface area contributed by atoms with E-state index in [4.69, 9.17) is 4.74 Å². The van der Waals surface area contributed by atoms with Crippen LogP contribution in [0.2, 0.25) is 0 Å². The average Bonchev–Trinajstić information content (AvgIpc) is 3.15. The van der Waals surface area contributed by atoms with E-state index in [0.29, 0.717) is 43.4 Å². The molecule has 0 saturated carbocycles. The molecular weight excluding hydrogens is 390 g/mol. The number of hydrogen-bond acceptors (Lipinski definition) is 7. The van der Waals surface area contributed by atoms with E-state index >= 15 is 0 Å². The topological polar surface area (TPSA) is 96.0 Å². The van der Waals surface area contributed by atoms with Gasteiger partial charge >= 0.3 is 5.97 Å². The number of anilines is 1. The van der Waals surface area contributed by atoms with Gasteiger partial charge in [0, 0.05) is 31.1 Å². The molecule has 2 aliphatic rings. The van der Waals surface area contributed by atoms with E-state index in [1.165, 1.54) is 21.9 Å². The number of amides is 1. The monoisotopic (exact) mass is 415 g/mol. The fraction of sp³-hybridized carbons (Fsp3) is 0.647. The average molecular weight is 416 g/mol. The van der Waals surface area contributed by atoms with Crippen LogP contribution in [0.1, 0.15) is 34.1 Å². The number of carbonyl (C=O) groups is 2. The zero-order chi connectivity index (χ0) is 19.6. The third-order valence-corrected chi connectivity index (χ3v) is 7.33. The molecule has 0 aromatic carbocycles. The minimum absolute atomic E-state index is 0.169. The summed E-state index contributed by atoms with van der Waals surface area (Å²) in [5.74, 6) is -0.581. The van der Waals surface area contributed by atoms with Gasteiger partial charge in [-0.2, -0.15) is 4.31 Å². The standard InChI is InChI=1S/C17H25N3O5S2/c1-3-25-17(22)15-12-5-4-6-13(12)26-16(15)18-14(21)11-19-7-9-20(10-8-19)27(2,23)24/h3-11H2,1-2H3,(H,18,21). The lowest BCUT2D eigenvalue weighted by atomic mass is 10.1. The van der Waals surface area contributed by atoms with Gasteiger partial charge in [0.15, 0.2) is 0 Å². The first-order valence-corrected chi connectivity index (χ1v) is 11.7. The molecule has 27 heavy (non-hydrogen) atoms. The van der Waals surface area contributed by atoms with Gasteiger partial charge in [-0.15, -0.1) is 11.3 Å². The number of nitrogens with zero attached hydrogens (tertiary/aromatic N) is 2. The lowest BCUT2D eigenvalue weighted by Gasteiger charge is -2.32. The van der Waals surface area contributed by atoms with Gasteiger partial charge in [0.05, 0.1) is 25.0 Å². The number of esters is 1. The summed E-state index contributed by atoms with van der Waals surface area (Å²) in [7, 11) is -3.19.